The number of fused-ring (bicyclic) bond motifs is 1. The molecule has 3 nitrogen and oxygen atoms in total. The van der Waals surface area contributed by atoms with Crippen LogP contribution in [0.2, 0.25) is 0 Å². The number of rotatable bonds is 4. The van der Waals surface area contributed by atoms with E-state index in [9.17, 15) is 9.18 Å². The molecule has 0 aliphatic rings. The zero-order valence-corrected chi connectivity index (χ0v) is 14.2. The number of aromatic nitrogens is 1. The Morgan fingerprint density at radius 3 is 2.42 bits per heavy atom. The number of carboxylic acids is 1. The van der Waals surface area contributed by atoms with Gasteiger partial charge in [0.1, 0.15) is 12.4 Å². The predicted octanol–water partition coefficient (Wildman–Crippen LogP) is 4.79. The summed E-state index contributed by atoms with van der Waals surface area (Å²) in [7, 11) is 0. The van der Waals surface area contributed by atoms with Gasteiger partial charge in [0.2, 0.25) is 0 Å². The van der Waals surface area contributed by atoms with Gasteiger partial charge in [0.05, 0.1) is 0 Å². The maximum absolute atomic E-state index is 13.6. The lowest BCUT2D eigenvalue weighted by Crippen LogP contribution is -2.10. The molecular weight excluding hydrogens is 305 g/mol. The standard InChI is InChI=1S/C18H16FNO2.C2H6/c1-12-15(9-13-5-3-2-4-6-13)16-10-14(19)7-8-17(16)20(12)11-18(21)22;1-2/h2-8,10H,9,11H2,1H3,(H,21,22);1-2H3. The summed E-state index contributed by atoms with van der Waals surface area (Å²) in [5.41, 5.74) is 3.71. The fourth-order valence-corrected chi connectivity index (χ4v) is 2.89. The van der Waals surface area contributed by atoms with Crippen LogP contribution in [0.1, 0.15) is 30.7 Å². The number of halogens is 1. The molecule has 0 bridgehead atoms. The van der Waals surface area contributed by atoms with Crippen LogP contribution in [0.3, 0.4) is 0 Å². The number of nitrogens with zero attached hydrogens (tertiary/aromatic N) is 1. The minimum Gasteiger partial charge on any atom is -0.480 e. The fraction of sp³-hybridized carbons (Fsp3) is 0.250. The second-order valence-electron chi connectivity index (χ2n) is 5.37. The van der Waals surface area contributed by atoms with Gasteiger partial charge in [0.25, 0.3) is 0 Å². The maximum Gasteiger partial charge on any atom is 0.323 e. The largest absolute Gasteiger partial charge is 0.480 e. The Balaban J connectivity index is 0.00000100. The number of hydrogen-bond acceptors (Lipinski definition) is 1. The third kappa shape index (κ3) is 3.65. The van der Waals surface area contributed by atoms with Crippen LogP contribution in [-0.2, 0) is 17.8 Å². The zero-order chi connectivity index (χ0) is 17.7. The number of aliphatic carboxylic acids is 1. The van der Waals surface area contributed by atoms with E-state index in [1.807, 2.05) is 51.1 Å². The molecule has 4 heteroatoms. The molecule has 0 amide bonds. The summed E-state index contributed by atoms with van der Waals surface area (Å²) in [6.45, 7) is 5.77. The summed E-state index contributed by atoms with van der Waals surface area (Å²) in [5, 5.41) is 9.89. The highest BCUT2D eigenvalue weighted by atomic mass is 19.1. The topological polar surface area (TPSA) is 42.2 Å². The normalized spacial score (nSPS) is 10.3. The summed E-state index contributed by atoms with van der Waals surface area (Å²) in [5.74, 6) is -1.22. The average molecular weight is 327 g/mol. The Morgan fingerprint density at radius 1 is 1.12 bits per heavy atom. The van der Waals surface area contributed by atoms with Crippen molar-refractivity contribution in [3.8, 4) is 0 Å². The lowest BCUT2D eigenvalue weighted by Gasteiger charge is -2.05. The van der Waals surface area contributed by atoms with E-state index in [0.29, 0.717) is 6.42 Å². The van der Waals surface area contributed by atoms with E-state index in [1.165, 1.54) is 12.1 Å². The summed E-state index contributed by atoms with van der Waals surface area (Å²) in [4.78, 5) is 11.1. The van der Waals surface area contributed by atoms with Gasteiger partial charge in [0, 0.05) is 16.6 Å². The Hall–Kier alpha value is -2.62. The van der Waals surface area contributed by atoms with Crippen molar-refractivity contribution < 1.29 is 14.3 Å². The molecule has 24 heavy (non-hydrogen) atoms. The van der Waals surface area contributed by atoms with Crippen molar-refractivity contribution in [1.29, 1.82) is 0 Å². The Morgan fingerprint density at radius 2 is 1.79 bits per heavy atom. The van der Waals surface area contributed by atoms with Crippen molar-refractivity contribution in [2.24, 2.45) is 0 Å². The van der Waals surface area contributed by atoms with Crippen molar-refractivity contribution in [3.05, 3.63) is 71.2 Å². The first-order chi connectivity index (χ1) is 11.6. The Labute approximate surface area is 141 Å². The van der Waals surface area contributed by atoms with Crippen molar-refractivity contribution in [2.75, 3.05) is 0 Å². The van der Waals surface area contributed by atoms with E-state index in [-0.39, 0.29) is 12.4 Å². The molecule has 0 saturated carbocycles. The molecule has 1 heterocycles. The van der Waals surface area contributed by atoms with Gasteiger partial charge in [-0.1, -0.05) is 44.2 Å². The van der Waals surface area contributed by atoms with Gasteiger partial charge < -0.3 is 9.67 Å². The molecule has 0 spiro atoms. The van der Waals surface area contributed by atoms with Gasteiger partial charge in [-0.05, 0) is 42.7 Å². The smallest absolute Gasteiger partial charge is 0.323 e. The van der Waals surface area contributed by atoms with Gasteiger partial charge in [-0.25, -0.2) is 4.39 Å². The fourth-order valence-electron chi connectivity index (χ4n) is 2.89. The molecule has 0 unspecified atom stereocenters. The highest BCUT2D eigenvalue weighted by Gasteiger charge is 2.16. The van der Waals surface area contributed by atoms with Crippen LogP contribution in [0, 0.1) is 12.7 Å². The summed E-state index contributed by atoms with van der Waals surface area (Å²) in [6.07, 6.45) is 0.652. The first kappa shape index (κ1) is 17.7. The predicted molar refractivity (Wildman–Crippen MR) is 94.9 cm³/mol. The second-order valence-corrected chi connectivity index (χ2v) is 5.37. The van der Waals surface area contributed by atoms with Crippen molar-refractivity contribution in [2.45, 2.75) is 33.7 Å². The van der Waals surface area contributed by atoms with Crippen LogP contribution < -0.4 is 0 Å². The SMILES string of the molecule is CC.Cc1c(Cc2ccccc2)c2cc(F)ccc2n1CC(=O)O. The zero-order valence-electron chi connectivity index (χ0n) is 14.2. The van der Waals surface area contributed by atoms with Crippen molar-refractivity contribution in [3.63, 3.8) is 0 Å². The van der Waals surface area contributed by atoms with Gasteiger partial charge >= 0.3 is 5.97 Å². The molecule has 0 radical (unpaired) electrons. The van der Waals surface area contributed by atoms with Crippen LogP contribution in [0.15, 0.2) is 48.5 Å². The molecule has 0 atom stereocenters. The Kier molecular flexibility index (Phi) is 5.74. The minimum atomic E-state index is -0.907. The highest BCUT2D eigenvalue weighted by Crippen LogP contribution is 2.28. The maximum atomic E-state index is 13.6. The molecule has 3 aromatic rings. The van der Waals surface area contributed by atoms with Gasteiger partial charge in [0.15, 0.2) is 0 Å². The summed E-state index contributed by atoms with van der Waals surface area (Å²) < 4.78 is 15.4. The second kappa shape index (κ2) is 7.77. The van der Waals surface area contributed by atoms with Crippen LogP contribution in [0.4, 0.5) is 4.39 Å². The van der Waals surface area contributed by atoms with Crippen LogP contribution >= 0.6 is 0 Å². The van der Waals surface area contributed by atoms with Crippen molar-refractivity contribution >= 4 is 16.9 Å². The van der Waals surface area contributed by atoms with E-state index in [4.69, 9.17) is 5.11 Å². The van der Waals surface area contributed by atoms with E-state index < -0.39 is 5.97 Å². The van der Waals surface area contributed by atoms with Crippen LogP contribution in [0.5, 0.6) is 0 Å². The van der Waals surface area contributed by atoms with E-state index >= 15 is 0 Å². The molecule has 1 N–H and O–H groups in total. The molecule has 0 saturated heterocycles. The van der Waals surface area contributed by atoms with E-state index in [2.05, 4.69) is 0 Å². The van der Waals surface area contributed by atoms with Crippen LogP contribution in [-0.4, -0.2) is 15.6 Å². The molecule has 2 aromatic carbocycles. The number of hydrogen-bond donors (Lipinski definition) is 1. The lowest BCUT2D eigenvalue weighted by atomic mass is 10.0. The third-order valence-electron chi connectivity index (χ3n) is 3.93. The van der Waals surface area contributed by atoms with Gasteiger partial charge in [-0.15, -0.1) is 0 Å². The highest BCUT2D eigenvalue weighted by molar-refractivity contribution is 5.87. The van der Waals surface area contributed by atoms with Crippen molar-refractivity contribution in [1.82, 2.24) is 4.57 Å². The molecule has 1 aromatic heterocycles. The molecule has 0 aliphatic heterocycles. The van der Waals surface area contributed by atoms with E-state index in [0.717, 1.165) is 27.7 Å². The van der Waals surface area contributed by atoms with Crippen LogP contribution in [0.25, 0.3) is 10.9 Å². The molecular formula is C20H22FNO2. The molecule has 0 aliphatic carbocycles. The molecule has 3 rings (SSSR count). The molecule has 126 valence electrons. The number of carbonyl (C=O) groups is 1. The lowest BCUT2D eigenvalue weighted by molar-refractivity contribution is -0.137. The Bertz CT molecular complexity index is 838. The van der Waals surface area contributed by atoms with E-state index in [1.54, 1.807) is 10.6 Å². The first-order valence-corrected chi connectivity index (χ1v) is 8.09. The average Bonchev–Trinajstić information content (AvgIpc) is 2.82. The first-order valence-electron chi connectivity index (χ1n) is 8.09. The minimum absolute atomic E-state index is 0.122. The number of benzene rings is 2. The third-order valence-corrected chi connectivity index (χ3v) is 3.93. The summed E-state index contributed by atoms with van der Waals surface area (Å²) >= 11 is 0. The number of carboxylic acid groups (broad SMARTS) is 1. The molecule has 0 fully saturated rings. The quantitative estimate of drug-likeness (QED) is 0.748. The van der Waals surface area contributed by atoms with Gasteiger partial charge in [-0.3, -0.25) is 4.79 Å². The summed E-state index contributed by atoms with van der Waals surface area (Å²) in [6, 6.07) is 14.4. The van der Waals surface area contributed by atoms with Gasteiger partial charge in [-0.2, -0.15) is 0 Å². The monoisotopic (exact) mass is 327 g/mol.